The summed E-state index contributed by atoms with van der Waals surface area (Å²) < 4.78 is 53.0. The number of methoxy groups -OCH3 is 1. The van der Waals surface area contributed by atoms with Gasteiger partial charge in [0.1, 0.15) is 9.79 Å². The van der Waals surface area contributed by atoms with E-state index >= 15 is 0 Å². The molecule has 0 aliphatic heterocycles. The minimum atomic E-state index is -3.65. The van der Waals surface area contributed by atoms with E-state index in [2.05, 4.69) is 46.5 Å². The molecule has 0 aliphatic rings. The first kappa shape index (κ1) is 23.4. The van der Waals surface area contributed by atoms with Gasteiger partial charge in [0.25, 0.3) is 9.05 Å². The van der Waals surface area contributed by atoms with Crippen LogP contribution in [0, 0.1) is 0 Å². The summed E-state index contributed by atoms with van der Waals surface area (Å²) in [4.78, 5) is 7.55. The molecule has 0 spiro atoms. The van der Waals surface area contributed by atoms with Crippen LogP contribution >= 0.6 is 42.5 Å². The van der Waals surface area contributed by atoms with Crippen molar-refractivity contribution in [1.29, 1.82) is 0 Å². The molecule has 0 aliphatic carbocycles. The van der Waals surface area contributed by atoms with Crippen LogP contribution in [0.25, 0.3) is 0 Å². The van der Waals surface area contributed by atoms with E-state index < -0.39 is 19.1 Å². The number of sulfonamides is 1. The van der Waals surface area contributed by atoms with E-state index in [1.165, 1.54) is 44.0 Å². The summed E-state index contributed by atoms with van der Waals surface area (Å²) in [5.41, 5.74) is 0. The first-order valence-electron chi connectivity index (χ1n) is 6.70. The van der Waals surface area contributed by atoms with Crippen LogP contribution in [-0.2, 0) is 23.8 Å². The molecule has 8 nitrogen and oxygen atoms in total. The minimum Gasteiger partial charge on any atom is -0.383 e. The van der Waals surface area contributed by atoms with E-state index in [1.54, 1.807) is 0 Å². The molecule has 26 heavy (non-hydrogen) atoms. The fourth-order valence-electron chi connectivity index (χ4n) is 1.43. The van der Waals surface area contributed by atoms with Crippen molar-refractivity contribution < 1.29 is 21.6 Å². The van der Waals surface area contributed by atoms with Gasteiger partial charge in [-0.15, -0.1) is 0 Å². The van der Waals surface area contributed by atoms with Crippen molar-refractivity contribution in [2.45, 2.75) is 9.79 Å². The number of rotatable bonds is 6. The maximum atomic E-state index is 11.6. The molecule has 0 unspecified atom stereocenters. The molecule has 0 aromatic carbocycles. The molecular weight excluding hydrogens is 538 g/mol. The van der Waals surface area contributed by atoms with E-state index in [-0.39, 0.29) is 16.3 Å². The number of nitrogens with zero attached hydrogens (tertiary/aromatic N) is 2. The van der Waals surface area contributed by atoms with Crippen LogP contribution < -0.4 is 4.72 Å². The Kier molecular flexibility index (Phi) is 9.58. The van der Waals surface area contributed by atoms with Crippen LogP contribution in [0.4, 0.5) is 0 Å². The lowest BCUT2D eigenvalue weighted by Crippen LogP contribution is -2.27. The lowest BCUT2D eigenvalue weighted by Gasteiger charge is -2.05. The minimum absolute atomic E-state index is 0.00598. The van der Waals surface area contributed by atoms with Gasteiger partial charge in [-0.3, -0.25) is 9.97 Å². The molecule has 144 valence electrons. The molecule has 13 heteroatoms. The van der Waals surface area contributed by atoms with Gasteiger partial charge in [-0.2, -0.15) is 0 Å². The summed E-state index contributed by atoms with van der Waals surface area (Å²) >= 11 is 6.23. The third kappa shape index (κ3) is 8.37. The van der Waals surface area contributed by atoms with Crippen LogP contribution in [0.15, 0.2) is 55.7 Å². The highest BCUT2D eigenvalue weighted by molar-refractivity contribution is 9.10. The van der Waals surface area contributed by atoms with E-state index in [0.717, 1.165) is 0 Å². The van der Waals surface area contributed by atoms with Crippen molar-refractivity contribution >= 4 is 61.6 Å². The number of ether oxygens (including phenoxy) is 1. The molecule has 0 fully saturated rings. The standard InChI is InChI=1S/C8H11BrN2O3S.C5H3BrClNO2S/c1-14-3-2-11-15(12,13)8-4-7(9)5-10-6-8;6-4-1-5(3-8-2-4)11(7,9)10/h4-6,11H,2-3H2,1H3;1-3H. The van der Waals surface area contributed by atoms with Crippen LogP contribution in [-0.4, -0.2) is 47.1 Å². The summed E-state index contributed by atoms with van der Waals surface area (Å²) in [6, 6.07) is 2.87. The van der Waals surface area contributed by atoms with E-state index in [0.29, 0.717) is 15.6 Å². The van der Waals surface area contributed by atoms with Crippen LogP contribution in [0.3, 0.4) is 0 Å². The lowest BCUT2D eigenvalue weighted by atomic mass is 10.5. The lowest BCUT2D eigenvalue weighted by molar-refractivity contribution is 0.204. The van der Waals surface area contributed by atoms with Crippen LogP contribution in [0.5, 0.6) is 0 Å². The molecular formula is C13H14Br2ClN3O5S2. The zero-order chi connectivity index (χ0) is 19.8. The molecule has 2 aromatic heterocycles. The Bertz CT molecular complexity index is 942. The first-order valence-corrected chi connectivity index (χ1v) is 12.1. The Labute approximate surface area is 173 Å². The SMILES string of the molecule is COCCNS(=O)(=O)c1cncc(Br)c1.O=S(=O)(Cl)c1cncc(Br)c1. The number of hydrogen-bond donors (Lipinski definition) is 1. The molecule has 0 bridgehead atoms. The maximum Gasteiger partial charge on any atom is 0.262 e. The Morgan fingerprint density at radius 1 is 1.00 bits per heavy atom. The van der Waals surface area contributed by atoms with Gasteiger partial charge < -0.3 is 4.74 Å². The van der Waals surface area contributed by atoms with Gasteiger partial charge in [0.2, 0.25) is 10.0 Å². The van der Waals surface area contributed by atoms with Gasteiger partial charge in [-0.25, -0.2) is 21.6 Å². The Morgan fingerprint density at radius 2 is 1.50 bits per heavy atom. The average molecular weight is 552 g/mol. The fraction of sp³-hybridized carbons (Fsp3) is 0.231. The van der Waals surface area contributed by atoms with E-state index in [9.17, 15) is 16.8 Å². The normalized spacial score (nSPS) is 11.5. The third-order valence-corrected chi connectivity index (χ3v) is 6.17. The van der Waals surface area contributed by atoms with Gasteiger partial charge in [-0.05, 0) is 44.0 Å². The molecule has 2 aromatic rings. The highest BCUT2D eigenvalue weighted by Gasteiger charge is 2.13. The molecule has 0 saturated heterocycles. The molecule has 2 rings (SSSR count). The zero-order valence-corrected chi connectivity index (χ0v) is 18.8. The van der Waals surface area contributed by atoms with Gasteiger partial charge in [0.15, 0.2) is 0 Å². The van der Waals surface area contributed by atoms with Crippen molar-refractivity contribution in [3.63, 3.8) is 0 Å². The predicted molar refractivity (Wildman–Crippen MR) is 104 cm³/mol. The Balaban J connectivity index is 0.000000273. The second kappa shape index (κ2) is 10.6. The van der Waals surface area contributed by atoms with Crippen molar-refractivity contribution in [2.24, 2.45) is 0 Å². The number of aromatic nitrogens is 2. The second-order valence-electron chi connectivity index (χ2n) is 4.51. The van der Waals surface area contributed by atoms with E-state index in [4.69, 9.17) is 15.4 Å². The van der Waals surface area contributed by atoms with Crippen molar-refractivity contribution in [2.75, 3.05) is 20.3 Å². The van der Waals surface area contributed by atoms with Gasteiger partial charge in [0, 0.05) is 58.1 Å². The zero-order valence-electron chi connectivity index (χ0n) is 13.3. The number of hydrogen-bond acceptors (Lipinski definition) is 7. The van der Waals surface area contributed by atoms with Gasteiger partial charge >= 0.3 is 0 Å². The third-order valence-electron chi connectivity index (χ3n) is 2.55. The number of halogens is 3. The molecule has 0 amide bonds. The van der Waals surface area contributed by atoms with E-state index in [1.807, 2.05) is 0 Å². The van der Waals surface area contributed by atoms with Gasteiger partial charge in [0.05, 0.1) is 6.61 Å². The smallest absolute Gasteiger partial charge is 0.262 e. The van der Waals surface area contributed by atoms with Gasteiger partial charge in [-0.1, -0.05) is 0 Å². The molecule has 2 heterocycles. The van der Waals surface area contributed by atoms with Crippen molar-refractivity contribution in [1.82, 2.24) is 14.7 Å². The fourth-order valence-corrected chi connectivity index (χ4v) is 4.17. The second-order valence-corrected chi connectivity index (χ2v) is 10.7. The highest BCUT2D eigenvalue weighted by atomic mass is 79.9. The Hall–Kier alpha value is -0.630. The van der Waals surface area contributed by atoms with Crippen LogP contribution in [0.2, 0.25) is 0 Å². The monoisotopic (exact) mass is 549 g/mol. The van der Waals surface area contributed by atoms with Crippen molar-refractivity contribution in [3.8, 4) is 0 Å². The molecule has 0 atom stereocenters. The summed E-state index contributed by atoms with van der Waals surface area (Å²) in [6.07, 6.45) is 5.48. The largest absolute Gasteiger partial charge is 0.383 e. The molecule has 0 saturated carbocycles. The number of pyridine rings is 2. The summed E-state index contributed by atoms with van der Waals surface area (Å²) in [7, 11) is -0.572. The Morgan fingerprint density at radius 3 is 1.92 bits per heavy atom. The first-order chi connectivity index (χ1) is 12.1. The maximum absolute atomic E-state index is 11.6. The van der Waals surface area contributed by atoms with Crippen LogP contribution in [0.1, 0.15) is 0 Å². The highest BCUT2D eigenvalue weighted by Crippen LogP contribution is 2.17. The quantitative estimate of drug-likeness (QED) is 0.433. The van der Waals surface area contributed by atoms with Crippen molar-refractivity contribution in [3.05, 3.63) is 45.9 Å². The molecule has 0 radical (unpaired) electrons. The molecule has 1 N–H and O–H groups in total. The predicted octanol–water partition coefficient (Wildman–Crippen LogP) is 2.54. The summed E-state index contributed by atoms with van der Waals surface area (Å²) in [5, 5.41) is 0. The topological polar surface area (TPSA) is 115 Å². The summed E-state index contributed by atoms with van der Waals surface area (Å²) in [5.74, 6) is 0. The average Bonchev–Trinajstić information content (AvgIpc) is 2.55. The number of nitrogens with one attached hydrogen (secondary N) is 1. The summed E-state index contributed by atoms with van der Waals surface area (Å²) in [6.45, 7) is 0.575.